The molecule has 0 saturated heterocycles. The summed E-state index contributed by atoms with van der Waals surface area (Å²) in [5, 5.41) is -0.366. The van der Waals surface area contributed by atoms with Crippen LogP contribution in [0.15, 0.2) is 36.8 Å². The Bertz CT molecular complexity index is 1340. The zero-order valence-corrected chi connectivity index (χ0v) is 20.1. The van der Waals surface area contributed by atoms with Crippen molar-refractivity contribution in [3.05, 3.63) is 48.0 Å². The van der Waals surface area contributed by atoms with Gasteiger partial charge in [0.1, 0.15) is 11.7 Å². The molecule has 2 heterocycles. The van der Waals surface area contributed by atoms with Crippen molar-refractivity contribution in [1.82, 2.24) is 19.3 Å². The lowest BCUT2D eigenvalue weighted by Gasteiger charge is -2.20. The third-order valence-corrected chi connectivity index (χ3v) is 7.57. The second-order valence-electron chi connectivity index (χ2n) is 9.93. The van der Waals surface area contributed by atoms with Gasteiger partial charge in [-0.1, -0.05) is 32.9 Å². The van der Waals surface area contributed by atoms with Crippen molar-refractivity contribution in [2.75, 3.05) is 0 Å². The molecule has 3 aromatic rings. The molecule has 0 spiro atoms. The first-order chi connectivity index (χ1) is 16.2. The highest BCUT2D eigenvalue weighted by atomic mass is 32.2. The Morgan fingerprint density at radius 2 is 1.77 bits per heavy atom. The van der Waals surface area contributed by atoms with Gasteiger partial charge in [0, 0.05) is 47.2 Å². The van der Waals surface area contributed by atoms with E-state index in [0.29, 0.717) is 30.3 Å². The van der Waals surface area contributed by atoms with Gasteiger partial charge in [-0.2, -0.15) is 13.2 Å². The monoisotopic (exact) mass is 516 g/mol. The van der Waals surface area contributed by atoms with E-state index in [1.807, 2.05) is 20.8 Å². The zero-order valence-electron chi connectivity index (χ0n) is 19.3. The average molecular weight is 517 g/mol. The van der Waals surface area contributed by atoms with Gasteiger partial charge in [0.05, 0.1) is 5.25 Å². The van der Waals surface area contributed by atoms with Gasteiger partial charge in [0.15, 0.2) is 5.69 Å². The first-order valence-electron chi connectivity index (χ1n) is 11.0. The largest absolute Gasteiger partial charge is 0.435 e. The topological polar surface area (TPSA) is 76.9 Å². The molecule has 1 fully saturated rings. The van der Waals surface area contributed by atoms with Crippen LogP contribution < -0.4 is 4.72 Å². The SMILES string of the molecule is CC(C)(C)Cn1cc([C@H](NS(=O)(=O)C2CC2)C(F)F)c2ccc(-c3nccnc3C(F)(F)F)cc21. The number of sulfonamides is 1. The molecule has 0 radical (unpaired) electrons. The van der Waals surface area contributed by atoms with Crippen molar-refractivity contribution in [1.29, 1.82) is 0 Å². The van der Waals surface area contributed by atoms with E-state index in [-0.39, 0.29) is 22.2 Å². The second kappa shape index (κ2) is 8.81. The number of benzene rings is 1. The highest BCUT2D eigenvalue weighted by Gasteiger charge is 2.40. The van der Waals surface area contributed by atoms with Crippen LogP contribution in [0.5, 0.6) is 0 Å². The van der Waals surface area contributed by atoms with Gasteiger partial charge in [0.25, 0.3) is 6.43 Å². The molecule has 1 aliphatic rings. The predicted molar refractivity (Wildman–Crippen MR) is 121 cm³/mol. The number of hydrogen-bond donors (Lipinski definition) is 1. The quantitative estimate of drug-likeness (QED) is 0.418. The summed E-state index contributed by atoms with van der Waals surface area (Å²) in [5.41, 5.74) is -1.28. The highest BCUT2D eigenvalue weighted by molar-refractivity contribution is 7.90. The summed E-state index contributed by atoms with van der Waals surface area (Å²) in [4.78, 5) is 7.31. The van der Waals surface area contributed by atoms with Crippen LogP contribution in [0, 0.1) is 5.41 Å². The van der Waals surface area contributed by atoms with E-state index in [2.05, 4.69) is 14.7 Å². The summed E-state index contributed by atoms with van der Waals surface area (Å²) in [5.74, 6) is 0. The van der Waals surface area contributed by atoms with Gasteiger partial charge in [-0.3, -0.25) is 4.98 Å². The van der Waals surface area contributed by atoms with Crippen LogP contribution in [-0.4, -0.2) is 34.6 Å². The maximum Gasteiger partial charge on any atom is 0.435 e. The van der Waals surface area contributed by atoms with Gasteiger partial charge in [0.2, 0.25) is 10.0 Å². The maximum atomic E-state index is 14.1. The maximum absolute atomic E-state index is 14.1. The van der Waals surface area contributed by atoms with E-state index >= 15 is 0 Å². The molecule has 190 valence electrons. The minimum Gasteiger partial charge on any atom is -0.347 e. The second-order valence-corrected chi connectivity index (χ2v) is 11.9. The van der Waals surface area contributed by atoms with Gasteiger partial charge in [-0.15, -0.1) is 0 Å². The summed E-state index contributed by atoms with van der Waals surface area (Å²) in [7, 11) is -3.93. The lowest BCUT2D eigenvalue weighted by molar-refractivity contribution is -0.140. The summed E-state index contributed by atoms with van der Waals surface area (Å²) in [6.07, 6.45) is -3.39. The van der Waals surface area contributed by atoms with Gasteiger partial charge in [-0.25, -0.2) is 26.9 Å². The molecule has 35 heavy (non-hydrogen) atoms. The van der Waals surface area contributed by atoms with Crippen LogP contribution in [0.1, 0.15) is 50.9 Å². The molecular formula is C23H25F5N4O2S. The Balaban J connectivity index is 1.88. The molecule has 0 bridgehead atoms. The summed E-state index contributed by atoms with van der Waals surface area (Å²) < 4.78 is 97.5. The molecule has 1 saturated carbocycles. The first kappa shape index (κ1) is 25.5. The van der Waals surface area contributed by atoms with Crippen LogP contribution in [0.4, 0.5) is 22.0 Å². The van der Waals surface area contributed by atoms with Crippen molar-refractivity contribution < 1.29 is 30.4 Å². The van der Waals surface area contributed by atoms with Crippen molar-refractivity contribution in [3.8, 4) is 11.3 Å². The number of nitrogens with one attached hydrogen (secondary N) is 1. The van der Waals surface area contributed by atoms with E-state index < -0.39 is 39.6 Å². The average Bonchev–Trinajstić information content (AvgIpc) is 3.55. The Morgan fingerprint density at radius 1 is 1.11 bits per heavy atom. The van der Waals surface area contributed by atoms with Crippen LogP contribution in [0.3, 0.4) is 0 Å². The van der Waals surface area contributed by atoms with Crippen molar-refractivity contribution in [2.24, 2.45) is 5.41 Å². The lowest BCUT2D eigenvalue weighted by Crippen LogP contribution is -2.35. The Hall–Kier alpha value is -2.60. The van der Waals surface area contributed by atoms with Crippen LogP contribution >= 0.6 is 0 Å². The van der Waals surface area contributed by atoms with Crippen molar-refractivity contribution in [3.63, 3.8) is 0 Å². The number of nitrogens with zero attached hydrogens (tertiary/aromatic N) is 3. The predicted octanol–water partition coefficient (Wildman–Crippen LogP) is 5.55. The van der Waals surface area contributed by atoms with Crippen LogP contribution in [0.2, 0.25) is 0 Å². The molecule has 1 aromatic carbocycles. The minimum atomic E-state index is -4.74. The number of rotatable bonds is 7. The van der Waals surface area contributed by atoms with Crippen molar-refractivity contribution in [2.45, 2.75) is 64.1 Å². The molecule has 2 aromatic heterocycles. The molecule has 12 heteroatoms. The van der Waals surface area contributed by atoms with E-state index in [4.69, 9.17) is 0 Å². The number of fused-ring (bicyclic) bond motifs is 1. The van der Waals surface area contributed by atoms with Crippen LogP contribution in [-0.2, 0) is 22.7 Å². The fraction of sp³-hybridized carbons (Fsp3) is 0.478. The van der Waals surface area contributed by atoms with Gasteiger partial charge < -0.3 is 4.57 Å². The molecule has 4 rings (SSSR count). The van der Waals surface area contributed by atoms with E-state index in [0.717, 1.165) is 12.4 Å². The van der Waals surface area contributed by atoms with Crippen LogP contribution in [0.25, 0.3) is 22.2 Å². The lowest BCUT2D eigenvalue weighted by atomic mass is 9.97. The molecular weight excluding hydrogens is 491 g/mol. The number of halogens is 5. The Morgan fingerprint density at radius 3 is 2.34 bits per heavy atom. The fourth-order valence-electron chi connectivity index (χ4n) is 4.02. The molecule has 0 unspecified atom stereocenters. The molecule has 6 nitrogen and oxygen atoms in total. The summed E-state index contributed by atoms with van der Waals surface area (Å²) >= 11 is 0. The normalized spacial score (nSPS) is 16.3. The number of alkyl halides is 5. The molecule has 0 aliphatic heterocycles. The smallest absolute Gasteiger partial charge is 0.347 e. The molecule has 1 N–H and O–H groups in total. The number of aromatic nitrogens is 3. The summed E-state index contributed by atoms with van der Waals surface area (Å²) in [6, 6.07) is 2.43. The Labute approximate surface area is 199 Å². The highest BCUT2D eigenvalue weighted by Crippen LogP contribution is 2.39. The Kier molecular flexibility index (Phi) is 6.41. The third kappa shape index (κ3) is 5.48. The van der Waals surface area contributed by atoms with E-state index in [1.165, 1.54) is 24.4 Å². The summed E-state index contributed by atoms with van der Waals surface area (Å²) in [6.45, 7) is 6.12. The molecule has 0 amide bonds. The van der Waals surface area contributed by atoms with Gasteiger partial charge in [-0.05, 0) is 24.3 Å². The molecule has 1 aliphatic carbocycles. The fourth-order valence-corrected chi connectivity index (χ4v) is 5.55. The van der Waals surface area contributed by atoms with Crippen molar-refractivity contribution >= 4 is 20.9 Å². The molecule has 1 atom stereocenters. The van der Waals surface area contributed by atoms with E-state index in [1.54, 1.807) is 4.57 Å². The third-order valence-electron chi connectivity index (χ3n) is 5.64. The van der Waals surface area contributed by atoms with Gasteiger partial charge >= 0.3 is 6.18 Å². The first-order valence-corrected chi connectivity index (χ1v) is 12.5. The standard InChI is InChI=1S/C23H25F5N4O2S/c1-22(2,3)12-32-11-16(19(21(24)25)31-35(33,34)14-5-6-14)15-7-4-13(10-17(15)32)18-20(23(26,27)28)30-9-8-29-18/h4,7-11,14,19,21,31H,5-6,12H2,1-3H3/t19-/m0/s1. The number of hydrogen-bond acceptors (Lipinski definition) is 4. The minimum absolute atomic E-state index is 0.0604. The zero-order chi connectivity index (χ0) is 25.8. The van der Waals surface area contributed by atoms with E-state index in [9.17, 15) is 30.4 Å².